The quantitative estimate of drug-likeness (QED) is 0.824. The van der Waals surface area contributed by atoms with Gasteiger partial charge in [-0.1, -0.05) is 0 Å². The first-order valence-corrected chi connectivity index (χ1v) is 8.05. The Balaban J connectivity index is 1.69. The van der Waals surface area contributed by atoms with Crippen molar-refractivity contribution in [2.75, 3.05) is 27.3 Å². The van der Waals surface area contributed by atoms with Crippen molar-refractivity contribution in [2.24, 2.45) is 0 Å². The molecule has 0 spiro atoms. The number of β-amino-alcohol motifs (C(OH)–C–C–N with tert-alkyl or cyclic N) is 1. The Labute approximate surface area is 146 Å². The summed E-state index contributed by atoms with van der Waals surface area (Å²) in [5.41, 5.74) is 1.58. The number of furan rings is 1. The van der Waals surface area contributed by atoms with Gasteiger partial charge in [0.1, 0.15) is 17.3 Å². The zero-order valence-electron chi connectivity index (χ0n) is 14.3. The molecule has 0 saturated heterocycles. The minimum Gasteiger partial charge on any atom is -0.496 e. The number of nitrogens with one attached hydrogen (secondary N) is 1. The molecule has 7 heteroatoms. The van der Waals surface area contributed by atoms with E-state index < -0.39 is 6.10 Å². The van der Waals surface area contributed by atoms with Crippen LogP contribution in [0.15, 0.2) is 34.9 Å². The number of hydrogen-bond donors (Lipinski definition) is 2. The molecule has 0 unspecified atom stereocenters. The third kappa shape index (κ3) is 3.78. The number of aliphatic hydroxyl groups is 1. The van der Waals surface area contributed by atoms with Crippen molar-refractivity contribution in [3.05, 3.63) is 47.4 Å². The van der Waals surface area contributed by atoms with Crippen LogP contribution in [0.3, 0.4) is 0 Å². The van der Waals surface area contributed by atoms with Crippen molar-refractivity contribution in [3.8, 4) is 11.5 Å². The van der Waals surface area contributed by atoms with Crippen LogP contribution in [0.5, 0.6) is 11.5 Å². The lowest BCUT2D eigenvalue weighted by atomic mass is 9.95. The SMILES string of the molecule is COc1ccc(OC)c2c1CN(CC(=O)NCc1ccco1)C[C@H]2O. The van der Waals surface area contributed by atoms with Crippen LogP contribution in [0.1, 0.15) is 23.0 Å². The van der Waals surface area contributed by atoms with Gasteiger partial charge in [-0.2, -0.15) is 0 Å². The molecule has 1 atom stereocenters. The van der Waals surface area contributed by atoms with E-state index in [2.05, 4.69) is 5.32 Å². The zero-order chi connectivity index (χ0) is 17.8. The Morgan fingerprint density at radius 1 is 1.32 bits per heavy atom. The smallest absolute Gasteiger partial charge is 0.234 e. The Morgan fingerprint density at radius 2 is 2.08 bits per heavy atom. The molecule has 1 aliphatic heterocycles. The number of rotatable bonds is 6. The standard InChI is InChI=1S/C18H22N2O5/c1-23-15-5-6-16(24-2)18-13(15)9-20(10-14(18)21)11-17(22)19-8-12-4-3-7-25-12/h3-7,14,21H,8-11H2,1-2H3,(H,19,22)/t14-/m1/s1. The predicted molar refractivity (Wildman–Crippen MR) is 90.3 cm³/mol. The number of methoxy groups -OCH3 is 2. The van der Waals surface area contributed by atoms with E-state index >= 15 is 0 Å². The normalized spacial score (nSPS) is 17.0. The van der Waals surface area contributed by atoms with E-state index in [9.17, 15) is 9.90 Å². The minimum atomic E-state index is -0.744. The highest BCUT2D eigenvalue weighted by Gasteiger charge is 2.30. The van der Waals surface area contributed by atoms with Crippen LogP contribution in [0.25, 0.3) is 0 Å². The highest BCUT2D eigenvalue weighted by molar-refractivity contribution is 5.78. The largest absolute Gasteiger partial charge is 0.496 e. The van der Waals surface area contributed by atoms with Crippen molar-refractivity contribution in [2.45, 2.75) is 19.2 Å². The van der Waals surface area contributed by atoms with E-state index in [-0.39, 0.29) is 12.5 Å². The first-order chi connectivity index (χ1) is 12.1. The summed E-state index contributed by atoms with van der Waals surface area (Å²) in [6, 6.07) is 7.18. The average molecular weight is 346 g/mol. The van der Waals surface area contributed by atoms with E-state index in [1.807, 2.05) is 11.0 Å². The van der Waals surface area contributed by atoms with Gasteiger partial charge in [0.15, 0.2) is 0 Å². The third-order valence-electron chi connectivity index (χ3n) is 4.27. The first kappa shape index (κ1) is 17.3. The van der Waals surface area contributed by atoms with Crippen LogP contribution < -0.4 is 14.8 Å². The summed E-state index contributed by atoms with van der Waals surface area (Å²) < 4.78 is 16.0. The van der Waals surface area contributed by atoms with Gasteiger partial charge in [-0.15, -0.1) is 0 Å². The number of amides is 1. The average Bonchev–Trinajstić information content (AvgIpc) is 3.12. The van der Waals surface area contributed by atoms with Crippen LogP contribution in [0.4, 0.5) is 0 Å². The van der Waals surface area contributed by atoms with Gasteiger partial charge >= 0.3 is 0 Å². The third-order valence-corrected chi connectivity index (χ3v) is 4.27. The van der Waals surface area contributed by atoms with Crippen LogP contribution in [-0.2, 0) is 17.9 Å². The fraction of sp³-hybridized carbons (Fsp3) is 0.389. The Kier molecular flexibility index (Phi) is 5.25. The van der Waals surface area contributed by atoms with Gasteiger partial charge in [-0.05, 0) is 24.3 Å². The molecule has 2 N–H and O–H groups in total. The highest BCUT2D eigenvalue weighted by atomic mass is 16.5. The lowest BCUT2D eigenvalue weighted by molar-refractivity contribution is -0.123. The second-order valence-electron chi connectivity index (χ2n) is 5.90. The fourth-order valence-corrected chi connectivity index (χ4v) is 3.12. The number of fused-ring (bicyclic) bond motifs is 1. The van der Waals surface area contributed by atoms with Crippen LogP contribution >= 0.6 is 0 Å². The molecule has 7 nitrogen and oxygen atoms in total. The van der Waals surface area contributed by atoms with Crippen LogP contribution in [0, 0.1) is 0 Å². The van der Waals surface area contributed by atoms with Crippen molar-refractivity contribution in [1.29, 1.82) is 0 Å². The number of hydrogen-bond acceptors (Lipinski definition) is 6. The van der Waals surface area contributed by atoms with Crippen LogP contribution in [-0.4, -0.2) is 43.2 Å². The number of benzene rings is 1. The van der Waals surface area contributed by atoms with E-state index in [0.29, 0.717) is 36.9 Å². The van der Waals surface area contributed by atoms with Gasteiger partial charge in [-0.25, -0.2) is 0 Å². The summed E-state index contributed by atoms with van der Waals surface area (Å²) >= 11 is 0. The summed E-state index contributed by atoms with van der Waals surface area (Å²) in [4.78, 5) is 14.1. The van der Waals surface area contributed by atoms with E-state index in [0.717, 1.165) is 11.1 Å². The van der Waals surface area contributed by atoms with Gasteiger partial charge in [0.25, 0.3) is 0 Å². The lowest BCUT2D eigenvalue weighted by Gasteiger charge is -2.33. The van der Waals surface area contributed by atoms with Crippen molar-refractivity contribution in [3.63, 3.8) is 0 Å². The molecule has 25 heavy (non-hydrogen) atoms. The highest BCUT2D eigenvalue weighted by Crippen LogP contribution is 2.39. The molecular formula is C18H22N2O5. The zero-order valence-corrected chi connectivity index (χ0v) is 14.3. The molecule has 1 amide bonds. The molecule has 0 fully saturated rings. The molecule has 0 bridgehead atoms. The summed E-state index contributed by atoms with van der Waals surface area (Å²) in [6.07, 6.45) is 0.825. The molecule has 3 rings (SSSR count). The maximum atomic E-state index is 12.2. The monoisotopic (exact) mass is 346 g/mol. The summed E-state index contributed by atoms with van der Waals surface area (Å²) in [5, 5.41) is 13.3. The maximum Gasteiger partial charge on any atom is 0.234 e. The van der Waals surface area contributed by atoms with E-state index in [1.54, 1.807) is 38.7 Å². The van der Waals surface area contributed by atoms with E-state index in [4.69, 9.17) is 13.9 Å². The molecule has 2 heterocycles. The Bertz CT molecular complexity index is 729. The maximum absolute atomic E-state index is 12.2. The number of carbonyl (C=O) groups excluding carboxylic acids is 1. The predicted octanol–water partition coefficient (Wildman–Crippen LogP) is 1.46. The summed E-state index contributed by atoms with van der Waals surface area (Å²) in [6.45, 7) is 1.37. The number of carbonyl (C=O) groups is 1. The summed E-state index contributed by atoms with van der Waals surface area (Å²) in [7, 11) is 3.16. The molecule has 0 aliphatic carbocycles. The fourth-order valence-electron chi connectivity index (χ4n) is 3.12. The van der Waals surface area contributed by atoms with E-state index in [1.165, 1.54) is 0 Å². The topological polar surface area (TPSA) is 84.2 Å². The number of aliphatic hydroxyl groups excluding tert-OH is 1. The molecule has 134 valence electrons. The van der Waals surface area contributed by atoms with Gasteiger partial charge in [0.05, 0.1) is 39.7 Å². The van der Waals surface area contributed by atoms with Crippen molar-refractivity contribution in [1.82, 2.24) is 10.2 Å². The van der Waals surface area contributed by atoms with Gasteiger partial charge < -0.3 is 24.3 Å². The van der Waals surface area contributed by atoms with Crippen molar-refractivity contribution >= 4 is 5.91 Å². The summed E-state index contributed by atoms with van der Waals surface area (Å²) in [5.74, 6) is 1.87. The molecule has 0 saturated carbocycles. The molecule has 2 aromatic rings. The molecule has 1 aromatic carbocycles. The number of ether oxygens (including phenoxy) is 2. The Morgan fingerprint density at radius 3 is 2.76 bits per heavy atom. The molecule has 1 aliphatic rings. The minimum absolute atomic E-state index is 0.131. The second kappa shape index (κ2) is 7.58. The van der Waals surface area contributed by atoms with Gasteiger partial charge in [0.2, 0.25) is 5.91 Å². The molecule has 0 radical (unpaired) electrons. The molecule has 1 aromatic heterocycles. The van der Waals surface area contributed by atoms with Crippen LogP contribution in [0.2, 0.25) is 0 Å². The van der Waals surface area contributed by atoms with Gasteiger partial charge in [-0.3, -0.25) is 9.69 Å². The second-order valence-corrected chi connectivity index (χ2v) is 5.90. The van der Waals surface area contributed by atoms with Gasteiger partial charge in [0, 0.05) is 24.2 Å². The Hall–Kier alpha value is -2.51. The lowest BCUT2D eigenvalue weighted by Crippen LogP contribution is -2.41. The first-order valence-electron chi connectivity index (χ1n) is 8.05. The number of nitrogens with zero attached hydrogens (tertiary/aromatic N) is 1. The molecular weight excluding hydrogens is 324 g/mol. The van der Waals surface area contributed by atoms with Crippen molar-refractivity contribution < 1.29 is 23.8 Å².